The lowest BCUT2D eigenvalue weighted by Crippen LogP contribution is -2.25. The van der Waals surface area contributed by atoms with Crippen LogP contribution >= 0.6 is 0 Å². The molecule has 0 aromatic heterocycles. The number of Topliss-reactive ketones (excluding diaryl/α,β-unsaturated/α-hetero) is 1. The third kappa shape index (κ3) is 3.02. The van der Waals surface area contributed by atoms with Crippen molar-refractivity contribution >= 4 is 11.5 Å². The third-order valence-corrected chi connectivity index (χ3v) is 5.06. The summed E-state index contributed by atoms with van der Waals surface area (Å²) in [5, 5.41) is 0. The van der Waals surface area contributed by atoms with Gasteiger partial charge in [-0.15, -0.1) is 0 Å². The number of benzene rings is 2. The van der Waals surface area contributed by atoms with Crippen LogP contribution in [-0.4, -0.2) is 25.5 Å². The van der Waals surface area contributed by atoms with Crippen LogP contribution in [0.1, 0.15) is 48.1 Å². The molecule has 0 bridgehead atoms. The molecule has 0 saturated carbocycles. The molecule has 0 N–H and O–H groups in total. The Balaban J connectivity index is 1.71. The molecule has 1 saturated heterocycles. The molecule has 0 aliphatic carbocycles. The fourth-order valence-corrected chi connectivity index (χ4v) is 3.89. The van der Waals surface area contributed by atoms with E-state index >= 15 is 0 Å². The molecule has 136 valence electrons. The molecule has 2 aliphatic rings. The second-order valence-corrected chi connectivity index (χ2v) is 6.80. The average Bonchev–Trinajstić information content (AvgIpc) is 2.99. The third-order valence-electron chi connectivity index (χ3n) is 5.06. The lowest BCUT2D eigenvalue weighted by atomic mass is 10.0. The van der Waals surface area contributed by atoms with Gasteiger partial charge in [-0.2, -0.15) is 0 Å². The van der Waals surface area contributed by atoms with E-state index in [1.165, 1.54) is 13.0 Å². The Morgan fingerprint density at radius 1 is 1.12 bits per heavy atom. The molecule has 2 aliphatic heterocycles. The maximum absolute atomic E-state index is 14.3. The maximum atomic E-state index is 14.3. The molecule has 0 amide bonds. The number of halogens is 1. The molecular weight excluding hydrogens is 333 g/mol. The Hall–Kier alpha value is -2.56. The number of ketones is 1. The summed E-state index contributed by atoms with van der Waals surface area (Å²) < 4.78 is 25.8. The monoisotopic (exact) mass is 355 g/mol. The number of ether oxygens (including phenoxy) is 2. The molecule has 2 heterocycles. The largest absolute Gasteiger partial charge is 0.490 e. The Morgan fingerprint density at radius 2 is 1.92 bits per heavy atom. The first-order valence-electron chi connectivity index (χ1n) is 9.11. The molecule has 4 rings (SSSR count). The molecule has 0 unspecified atom stereocenters. The van der Waals surface area contributed by atoms with E-state index in [2.05, 4.69) is 4.90 Å². The van der Waals surface area contributed by atoms with Crippen molar-refractivity contribution in [1.82, 2.24) is 0 Å². The number of carbonyl (C=O) groups is 1. The van der Waals surface area contributed by atoms with E-state index in [0.29, 0.717) is 18.9 Å². The summed E-state index contributed by atoms with van der Waals surface area (Å²) in [7, 11) is 0. The summed E-state index contributed by atoms with van der Waals surface area (Å²) in [6.45, 7) is 3.51. The number of fused-ring (bicyclic) bond motifs is 1. The number of nitrogens with zero attached hydrogens (tertiary/aromatic N) is 1. The predicted octanol–water partition coefficient (Wildman–Crippen LogP) is 4.53. The van der Waals surface area contributed by atoms with Gasteiger partial charge in [0.1, 0.15) is 5.82 Å². The molecule has 0 radical (unpaired) electrons. The minimum Gasteiger partial charge on any atom is -0.490 e. The highest BCUT2D eigenvalue weighted by Gasteiger charge is 2.30. The minimum absolute atomic E-state index is 0.0899. The molecule has 5 heteroatoms. The molecule has 1 fully saturated rings. The first-order chi connectivity index (χ1) is 12.6. The van der Waals surface area contributed by atoms with Gasteiger partial charge in [0, 0.05) is 13.0 Å². The van der Waals surface area contributed by atoms with Gasteiger partial charge in [-0.25, -0.2) is 4.39 Å². The molecule has 26 heavy (non-hydrogen) atoms. The van der Waals surface area contributed by atoms with Crippen LogP contribution in [0.5, 0.6) is 11.5 Å². The van der Waals surface area contributed by atoms with E-state index < -0.39 is 5.82 Å². The number of carbonyl (C=O) groups excluding carboxylic acids is 1. The first kappa shape index (κ1) is 16.9. The molecular formula is C21H22FNO3. The van der Waals surface area contributed by atoms with E-state index in [1.807, 2.05) is 24.3 Å². The zero-order chi connectivity index (χ0) is 18.1. The zero-order valence-electron chi connectivity index (χ0n) is 14.8. The fourth-order valence-electron chi connectivity index (χ4n) is 3.89. The summed E-state index contributed by atoms with van der Waals surface area (Å²) in [5.74, 6) is 0.825. The van der Waals surface area contributed by atoms with Gasteiger partial charge in [0.2, 0.25) is 0 Å². The second-order valence-electron chi connectivity index (χ2n) is 6.80. The van der Waals surface area contributed by atoms with Crippen molar-refractivity contribution in [3.63, 3.8) is 0 Å². The Bertz CT molecular complexity index is 836. The number of rotatable bonds is 3. The molecule has 2 aromatic rings. The van der Waals surface area contributed by atoms with E-state index in [-0.39, 0.29) is 17.4 Å². The van der Waals surface area contributed by atoms with Crippen molar-refractivity contribution in [2.24, 2.45) is 0 Å². The number of anilines is 1. The maximum Gasteiger partial charge on any atom is 0.164 e. The molecule has 2 aromatic carbocycles. The van der Waals surface area contributed by atoms with Crippen molar-refractivity contribution < 1.29 is 18.7 Å². The topological polar surface area (TPSA) is 38.8 Å². The minimum atomic E-state index is -0.459. The summed E-state index contributed by atoms with van der Waals surface area (Å²) in [5.41, 5.74) is 1.95. The van der Waals surface area contributed by atoms with Gasteiger partial charge in [-0.05, 0) is 49.6 Å². The van der Waals surface area contributed by atoms with Crippen LogP contribution in [-0.2, 0) is 0 Å². The van der Waals surface area contributed by atoms with Gasteiger partial charge < -0.3 is 14.4 Å². The van der Waals surface area contributed by atoms with Crippen molar-refractivity contribution in [3.8, 4) is 11.5 Å². The molecule has 4 nitrogen and oxygen atoms in total. The summed E-state index contributed by atoms with van der Waals surface area (Å²) in [6.07, 6.45) is 2.81. The zero-order valence-corrected chi connectivity index (χ0v) is 14.8. The lowest BCUT2D eigenvalue weighted by molar-refractivity contribution is 0.101. The van der Waals surface area contributed by atoms with Crippen LogP contribution in [0.2, 0.25) is 0 Å². The van der Waals surface area contributed by atoms with E-state index in [9.17, 15) is 9.18 Å². The summed E-state index contributed by atoms with van der Waals surface area (Å²) in [4.78, 5) is 14.2. The Morgan fingerprint density at radius 3 is 2.73 bits per heavy atom. The fraction of sp³-hybridized carbons (Fsp3) is 0.381. The highest BCUT2D eigenvalue weighted by atomic mass is 19.1. The highest BCUT2D eigenvalue weighted by Crippen LogP contribution is 2.41. The van der Waals surface area contributed by atoms with E-state index in [0.717, 1.165) is 42.9 Å². The van der Waals surface area contributed by atoms with Gasteiger partial charge in [-0.1, -0.05) is 12.1 Å². The van der Waals surface area contributed by atoms with Gasteiger partial charge >= 0.3 is 0 Å². The Kier molecular flexibility index (Phi) is 4.53. The lowest BCUT2D eigenvalue weighted by Gasteiger charge is -2.29. The standard InChI is InChI=1S/C21H22FNO3/c1-14(24)21-16(22)5-2-6-18(21)23-10-3-7-17(23)15-8-9-19-20(13-15)26-12-4-11-25-19/h2,5-6,8-9,13,17H,3-4,7,10-12H2,1H3/t17-/m0/s1. The average molecular weight is 355 g/mol. The van der Waals surface area contributed by atoms with Crippen LogP contribution in [0.4, 0.5) is 10.1 Å². The second kappa shape index (κ2) is 6.98. The first-order valence-corrected chi connectivity index (χ1v) is 9.11. The predicted molar refractivity (Wildman–Crippen MR) is 97.8 cm³/mol. The van der Waals surface area contributed by atoms with Crippen molar-refractivity contribution in [1.29, 1.82) is 0 Å². The van der Waals surface area contributed by atoms with Gasteiger partial charge in [-0.3, -0.25) is 4.79 Å². The van der Waals surface area contributed by atoms with Crippen LogP contribution in [0, 0.1) is 5.82 Å². The highest BCUT2D eigenvalue weighted by molar-refractivity contribution is 6.00. The van der Waals surface area contributed by atoms with Gasteiger partial charge in [0.05, 0.1) is 30.5 Å². The van der Waals surface area contributed by atoms with Crippen molar-refractivity contribution in [2.45, 2.75) is 32.2 Å². The van der Waals surface area contributed by atoms with Crippen LogP contribution < -0.4 is 14.4 Å². The number of hydrogen-bond acceptors (Lipinski definition) is 4. The van der Waals surface area contributed by atoms with Crippen LogP contribution in [0.15, 0.2) is 36.4 Å². The summed E-state index contributed by atoms with van der Waals surface area (Å²) >= 11 is 0. The van der Waals surface area contributed by atoms with Crippen LogP contribution in [0.25, 0.3) is 0 Å². The summed E-state index contributed by atoms with van der Waals surface area (Å²) in [6, 6.07) is 11.0. The van der Waals surface area contributed by atoms with Crippen LogP contribution in [0.3, 0.4) is 0 Å². The van der Waals surface area contributed by atoms with Crippen molar-refractivity contribution in [2.75, 3.05) is 24.7 Å². The molecule has 0 spiro atoms. The van der Waals surface area contributed by atoms with Gasteiger partial charge in [0.25, 0.3) is 0 Å². The van der Waals surface area contributed by atoms with E-state index in [4.69, 9.17) is 9.47 Å². The number of hydrogen-bond donors (Lipinski definition) is 0. The Labute approximate surface area is 152 Å². The van der Waals surface area contributed by atoms with Crippen molar-refractivity contribution in [3.05, 3.63) is 53.3 Å². The van der Waals surface area contributed by atoms with Gasteiger partial charge in [0.15, 0.2) is 17.3 Å². The van der Waals surface area contributed by atoms with E-state index in [1.54, 1.807) is 6.07 Å². The normalized spacial score (nSPS) is 19.3. The smallest absolute Gasteiger partial charge is 0.164 e. The SMILES string of the molecule is CC(=O)c1c(F)cccc1N1CCC[C@H]1c1ccc2c(c1)OCCCO2. The quantitative estimate of drug-likeness (QED) is 0.758. The molecule has 1 atom stereocenters.